The highest BCUT2D eigenvalue weighted by Gasteiger charge is 2.19. The van der Waals surface area contributed by atoms with E-state index in [1.165, 1.54) is 0 Å². The fraction of sp³-hybridized carbons (Fsp3) is 0.846. The largest absolute Gasteiger partial charge is 0.390 e. The summed E-state index contributed by atoms with van der Waals surface area (Å²) in [6, 6.07) is 0. The van der Waals surface area contributed by atoms with E-state index in [2.05, 4.69) is 5.32 Å². The van der Waals surface area contributed by atoms with E-state index in [9.17, 15) is 15.0 Å². The first kappa shape index (κ1) is 16.4. The van der Waals surface area contributed by atoms with Crippen LogP contribution in [0.1, 0.15) is 40.5 Å². The van der Waals surface area contributed by atoms with E-state index in [1.54, 1.807) is 6.42 Å². The lowest BCUT2D eigenvalue weighted by molar-refractivity contribution is -0.124. The highest BCUT2D eigenvalue weighted by molar-refractivity contribution is 5.76. The number of hydrogen-bond acceptors (Lipinski definition) is 3. The molecule has 0 aliphatic rings. The van der Waals surface area contributed by atoms with Gasteiger partial charge in [0.15, 0.2) is 0 Å². The zero-order valence-corrected chi connectivity index (χ0v) is 11.3. The van der Waals surface area contributed by atoms with Crippen molar-refractivity contribution in [2.75, 3.05) is 6.54 Å². The van der Waals surface area contributed by atoms with Crippen molar-refractivity contribution in [3.63, 3.8) is 0 Å². The fourth-order valence-corrected chi connectivity index (χ4v) is 1.27. The molecule has 1 amide bonds. The Hall–Kier alpha value is -0.610. The van der Waals surface area contributed by atoms with Gasteiger partial charge in [-0.3, -0.25) is 4.79 Å². The van der Waals surface area contributed by atoms with Gasteiger partial charge in [-0.1, -0.05) is 27.7 Å². The van der Waals surface area contributed by atoms with Crippen LogP contribution >= 0.6 is 0 Å². The Morgan fingerprint density at radius 2 is 1.76 bits per heavy atom. The SMILES string of the molecule is CC(C)C[CH][C@@H](O)[C@H](O)CC(=O)NCC(C)C. The number of carbonyl (C=O) groups excluding carboxylic acids is 1. The van der Waals surface area contributed by atoms with Crippen molar-refractivity contribution in [3.05, 3.63) is 6.42 Å². The van der Waals surface area contributed by atoms with Gasteiger partial charge in [-0.25, -0.2) is 0 Å². The molecule has 0 bridgehead atoms. The summed E-state index contributed by atoms with van der Waals surface area (Å²) in [5.41, 5.74) is 0. The maximum atomic E-state index is 11.4. The number of nitrogens with one attached hydrogen (secondary N) is 1. The Morgan fingerprint density at radius 1 is 1.18 bits per heavy atom. The maximum absolute atomic E-state index is 11.4. The summed E-state index contributed by atoms with van der Waals surface area (Å²) in [6.07, 6.45) is 0.391. The molecule has 0 aromatic carbocycles. The minimum absolute atomic E-state index is 0.0531. The first-order valence-electron chi connectivity index (χ1n) is 6.29. The summed E-state index contributed by atoms with van der Waals surface area (Å²) in [7, 11) is 0. The van der Waals surface area contributed by atoms with E-state index in [1.807, 2.05) is 27.7 Å². The molecule has 4 nitrogen and oxygen atoms in total. The van der Waals surface area contributed by atoms with Crippen LogP contribution in [0, 0.1) is 18.3 Å². The standard InChI is InChI=1S/C13H26NO3/c1-9(2)5-6-11(15)12(16)7-13(17)14-8-10(3)4/h6,9-12,15-16H,5,7-8H2,1-4H3,(H,14,17)/t11-,12-/m1/s1. The van der Waals surface area contributed by atoms with Gasteiger partial charge in [0, 0.05) is 6.54 Å². The van der Waals surface area contributed by atoms with Crippen molar-refractivity contribution in [2.45, 2.75) is 52.7 Å². The fourth-order valence-electron chi connectivity index (χ4n) is 1.27. The molecule has 0 spiro atoms. The molecule has 4 heteroatoms. The molecular weight excluding hydrogens is 218 g/mol. The number of carbonyl (C=O) groups is 1. The quantitative estimate of drug-likeness (QED) is 0.599. The van der Waals surface area contributed by atoms with Gasteiger partial charge >= 0.3 is 0 Å². The van der Waals surface area contributed by atoms with Crippen LogP contribution in [0.2, 0.25) is 0 Å². The van der Waals surface area contributed by atoms with Gasteiger partial charge in [0.1, 0.15) is 0 Å². The van der Waals surface area contributed by atoms with Crippen molar-refractivity contribution in [1.82, 2.24) is 5.32 Å². The van der Waals surface area contributed by atoms with Crippen LogP contribution in [0.3, 0.4) is 0 Å². The minimum atomic E-state index is -1.01. The predicted octanol–water partition coefficient (Wildman–Crippen LogP) is 1.12. The molecule has 0 aromatic heterocycles. The second kappa shape index (κ2) is 8.48. The first-order chi connectivity index (χ1) is 7.82. The lowest BCUT2D eigenvalue weighted by atomic mass is 10.00. The Morgan fingerprint density at radius 3 is 2.24 bits per heavy atom. The summed E-state index contributed by atoms with van der Waals surface area (Å²) in [5.74, 6) is 0.600. The molecule has 17 heavy (non-hydrogen) atoms. The third-order valence-electron chi connectivity index (χ3n) is 2.35. The average Bonchev–Trinajstić information content (AvgIpc) is 2.22. The van der Waals surface area contributed by atoms with Crippen LogP contribution in [-0.4, -0.2) is 34.9 Å². The summed E-state index contributed by atoms with van der Waals surface area (Å²) in [4.78, 5) is 11.4. The molecule has 0 saturated carbocycles. The number of aliphatic hydroxyl groups is 2. The molecule has 1 radical (unpaired) electrons. The van der Waals surface area contributed by atoms with E-state index in [0.29, 0.717) is 18.4 Å². The van der Waals surface area contributed by atoms with Crippen LogP contribution in [0.5, 0.6) is 0 Å². The second-order valence-electron chi connectivity index (χ2n) is 5.33. The normalized spacial score (nSPS) is 15.1. The van der Waals surface area contributed by atoms with E-state index in [-0.39, 0.29) is 12.3 Å². The molecule has 2 atom stereocenters. The smallest absolute Gasteiger partial charge is 0.222 e. The van der Waals surface area contributed by atoms with Gasteiger partial charge in [-0.2, -0.15) is 0 Å². The van der Waals surface area contributed by atoms with Crippen LogP contribution in [0.25, 0.3) is 0 Å². The number of amides is 1. The number of rotatable bonds is 8. The van der Waals surface area contributed by atoms with Gasteiger partial charge in [-0.15, -0.1) is 0 Å². The Balaban J connectivity index is 3.82. The molecule has 0 rings (SSSR count). The van der Waals surface area contributed by atoms with Crippen LogP contribution in [0.4, 0.5) is 0 Å². The lowest BCUT2D eigenvalue weighted by Crippen LogP contribution is -2.35. The Kier molecular flexibility index (Phi) is 8.17. The summed E-state index contributed by atoms with van der Waals surface area (Å²) >= 11 is 0. The predicted molar refractivity (Wildman–Crippen MR) is 68.2 cm³/mol. The summed E-state index contributed by atoms with van der Waals surface area (Å²) in [6.45, 7) is 8.66. The summed E-state index contributed by atoms with van der Waals surface area (Å²) < 4.78 is 0. The third-order valence-corrected chi connectivity index (χ3v) is 2.35. The Bertz CT molecular complexity index is 217. The van der Waals surface area contributed by atoms with Crippen molar-refractivity contribution in [3.8, 4) is 0 Å². The number of hydrogen-bond donors (Lipinski definition) is 3. The Labute approximate surface area is 104 Å². The minimum Gasteiger partial charge on any atom is -0.390 e. The molecule has 0 aliphatic heterocycles. The van der Waals surface area contributed by atoms with Crippen molar-refractivity contribution < 1.29 is 15.0 Å². The molecule has 0 heterocycles. The van der Waals surface area contributed by atoms with Crippen LogP contribution < -0.4 is 5.32 Å². The van der Waals surface area contributed by atoms with Crippen molar-refractivity contribution in [1.29, 1.82) is 0 Å². The van der Waals surface area contributed by atoms with Gasteiger partial charge in [0.25, 0.3) is 0 Å². The molecule has 0 fully saturated rings. The molecule has 0 saturated heterocycles. The van der Waals surface area contributed by atoms with Gasteiger partial charge < -0.3 is 15.5 Å². The molecular formula is C13H26NO3. The lowest BCUT2D eigenvalue weighted by Gasteiger charge is -2.18. The van der Waals surface area contributed by atoms with Crippen LogP contribution in [0.15, 0.2) is 0 Å². The summed E-state index contributed by atoms with van der Waals surface area (Å²) in [5, 5.41) is 21.9. The van der Waals surface area contributed by atoms with Crippen molar-refractivity contribution in [2.24, 2.45) is 11.8 Å². The molecule has 0 unspecified atom stereocenters. The average molecular weight is 244 g/mol. The van der Waals surface area contributed by atoms with Gasteiger partial charge in [-0.05, 0) is 24.7 Å². The van der Waals surface area contributed by atoms with Gasteiger partial charge in [0.05, 0.1) is 18.6 Å². The molecule has 0 aliphatic carbocycles. The van der Waals surface area contributed by atoms with Crippen LogP contribution in [-0.2, 0) is 4.79 Å². The van der Waals surface area contributed by atoms with E-state index >= 15 is 0 Å². The molecule has 3 N–H and O–H groups in total. The van der Waals surface area contributed by atoms with Crippen molar-refractivity contribution >= 4 is 5.91 Å². The number of aliphatic hydroxyl groups excluding tert-OH is 2. The van der Waals surface area contributed by atoms with E-state index in [0.717, 1.165) is 6.42 Å². The third kappa shape index (κ3) is 9.12. The second-order valence-corrected chi connectivity index (χ2v) is 5.33. The van der Waals surface area contributed by atoms with E-state index in [4.69, 9.17) is 0 Å². The van der Waals surface area contributed by atoms with E-state index < -0.39 is 12.2 Å². The molecule has 0 aromatic rings. The zero-order chi connectivity index (χ0) is 13.4. The maximum Gasteiger partial charge on any atom is 0.222 e. The highest BCUT2D eigenvalue weighted by Crippen LogP contribution is 2.10. The zero-order valence-electron chi connectivity index (χ0n) is 11.3. The highest BCUT2D eigenvalue weighted by atomic mass is 16.3. The topological polar surface area (TPSA) is 69.6 Å². The monoisotopic (exact) mass is 244 g/mol. The molecule has 101 valence electrons. The van der Waals surface area contributed by atoms with Gasteiger partial charge in [0.2, 0.25) is 5.91 Å². The first-order valence-corrected chi connectivity index (χ1v) is 6.29.